The number of carbonyl (C=O) groups is 1. The van der Waals surface area contributed by atoms with Gasteiger partial charge in [-0.05, 0) is 37.6 Å². The summed E-state index contributed by atoms with van der Waals surface area (Å²) in [6.07, 6.45) is -0.194. The zero-order chi connectivity index (χ0) is 13.2. The van der Waals surface area contributed by atoms with Crippen LogP contribution in [-0.4, -0.2) is 24.7 Å². The van der Waals surface area contributed by atoms with Crippen LogP contribution in [0.1, 0.15) is 19.4 Å². The predicted molar refractivity (Wildman–Crippen MR) is 67.8 cm³/mol. The van der Waals surface area contributed by atoms with Crippen molar-refractivity contribution in [2.75, 3.05) is 0 Å². The summed E-state index contributed by atoms with van der Waals surface area (Å²) in [5.41, 5.74) is 0.464. The maximum atomic E-state index is 12.0. The van der Waals surface area contributed by atoms with Crippen molar-refractivity contribution < 1.29 is 18.3 Å². The minimum atomic E-state index is -3.38. The smallest absolute Gasteiger partial charge is 0.307 e. The van der Waals surface area contributed by atoms with Crippen molar-refractivity contribution in [1.29, 1.82) is 0 Å². The average molecular weight is 321 g/mol. The molecule has 0 amide bonds. The monoisotopic (exact) mass is 320 g/mol. The molecule has 0 radical (unpaired) electrons. The first-order chi connectivity index (χ1) is 7.73. The van der Waals surface area contributed by atoms with Crippen molar-refractivity contribution in [3.05, 3.63) is 28.2 Å². The predicted octanol–water partition coefficient (Wildman–Crippen LogP) is 2.26. The van der Waals surface area contributed by atoms with Crippen LogP contribution in [-0.2, 0) is 21.1 Å². The number of carboxylic acids is 1. The Kier molecular flexibility index (Phi) is 4.32. The quantitative estimate of drug-likeness (QED) is 0.923. The van der Waals surface area contributed by atoms with Crippen molar-refractivity contribution >= 4 is 31.7 Å². The molecule has 1 rings (SSSR count). The molecule has 94 valence electrons. The molecule has 0 spiro atoms. The maximum Gasteiger partial charge on any atom is 0.307 e. The van der Waals surface area contributed by atoms with E-state index in [4.69, 9.17) is 5.11 Å². The van der Waals surface area contributed by atoms with E-state index < -0.39 is 21.1 Å². The lowest BCUT2D eigenvalue weighted by molar-refractivity contribution is -0.136. The van der Waals surface area contributed by atoms with Gasteiger partial charge in [0.05, 0.1) is 16.6 Å². The van der Waals surface area contributed by atoms with E-state index in [0.717, 1.165) is 0 Å². The highest BCUT2D eigenvalue weighted by Gasteiger charge is 2.20. The molecule has 0 saturated heterocycles. The number of rotatable bonds is 4. The molecule has 0 fully saturated rings. The van der Waals surface area contributed by atoms with Crippen molar-refractivity contribution in [2.24, 2.45) is 0 Å². The summed E-state index contributed by atoms with van der Waals surface area (Å²) >= 11 is 3.19. The van der Waals surface area contributed by atoms with Gasteiger partial charge in [0.2, 0.25) is 0 Å². The molecule has 0 aliphatic heterocycles. The van der Waals surface area contributed by atoms with E-state index in [-0.39, 0.29) is 11.3 Å². The highest BCUT2D eigenvalue weighted by Crippen LogP contribution is 2.23. The van der Waals surface area contributed by atoms with Crippen LogP contribution in [0.3, 0.4) is 0 Å². The van der Waals surface area contributed by atoms with Gasteiger partial charge in [-0.25, -0.2) is 8.42 Å². The summed E-state index contributed by atoms with van der Waals surface area (Å²) in [4.78, 5) is 10.8. The standard InChI is InChI=1S/C11H13BrO4S/c1-7(2)17(15,16)10-4-8(5-11(13)14)3-9(12)6-10/h3-4,6-7H,5H2,1-2H3,(H,13,14). The maximum absolute atomic E-state index is 12.0. The zero-order valence-electron chi connectivity index (χ0n) is 9.47. The molecule has 0 unspecified atom stereocenters. The van der Waals surface area contributed by atoms with Gasteiger partial charge in [0.15, 0.2) is 9.84 Å². The third kappa shape index (κ3) is 3.54. The minimum Gasteiger partial charge on any atom is -0.481 e. The summed E-state index contributed by atoms with van der Waals surface area (Å²) in [6.45, 7) is 3.18. The van der Waals surface area contributed by atoms with Crippen LogP contribution < -0.4 is 0 Å². The first kappa shape index (κ1) is 14.2. The molecule has 0 saturated carbocycles. The zero-order valence-corrected chi connectivity index (χ0v) is 11.9. The fourth-order valence-corrected chi connectivity index (χ4v) is 3.18. The van der Waals surface area contributed by atoms with Gasteiger partial charge < -0.3 is 5.11 Å². The van der Waals surface area contributed by atoms with Gasteiger partial charge in [0, 0.05) is 4.47 Å². The number of aliphatic carboxylic acids is 1. The molecule has 0 aliphatic rings. The third-order valence-electron chi connectivity index (χ3n) is 2.24. The van der Waals surface area contributed by atoms with E-state index in [1.165, 1.54) is 12.1 Å². The molecular weight excluding hydrogens is 308 g/mol. The lowest BCUT2D eigenvalue weighted by Crippen LogP contribution is -2.14. The molecule has 0 aliphatic carbocycles. The summed E-state index contributed by atoms with van der Waals surface area (Å²) < 4.78 is 24.5. The molecule has 1 N–H and O–H groups in total. The molecular formula is C11H13BrO4S. The second-order valence-corrected chi connectivity index (χ2v) is 7.38. The number of halogens is 1. The van der Waals surface area contributed by atoms with E-state index in [1.54, 1.807) is 19.9 Å². The van der Waals surface area contributed by atoms with Gasteiger partial charge in [-0.3, -0.25) is 4.79 Å². The molecule has 4 nitrogen and oxygen atoms in total. The molecule has 0 heterocycles. The van der Waals surface area contributed by atoms with Crippen LogP contribution in [0.4, 0.5) is 0 Å². The van der Waals surface area contributed by atoms with Crippen LogP contribution in [0.2, 0.25) is 0 Å². The van der Waals surface area contributed by atoms with Gasteiger partial charge >= 0.3 is 5.97 Å². The van der Waals surface area contributed by atoms with Crippen molar-refractivity contribution in [3.8, 4) is 0 Å². The first-order valence-electron chi connectivity index (χ1n) is 4.98. The Labute approximate surface area is 109 Å². The summed E-state index contributed by atoms with van der Waals surface area (Å²) in [5.74, 6) is -0.990. The Bertz CT molecular complexity index is 534. The number of benzene rings is 1. The summed E-state index contributed by atoms with van der Waals surface area (Å²) in [7, 11) is -3.38. The molecule has 0 bridgehead atoms. The Balaban J connectivity index is 3.28. The van der Waals surface area contributed by atoms with E-state index >= 15 is 0 Å². The molecule has 6 heteroatoms. The normalized spacial score (nSPS) is 11.8. The van der Waals surface area contributed by atoms with Gasteiger partial charge in [0.25, 0.3) is 0 Å². The first-order valence-corrected chi connectivity index (χ1v) is 7.32. The lowest BCUT2D eigenvalue weighted by atomic mass is 10.2. The highest BCUT2D eigenvalue weighted by molar-refractivity contribution is 9.10. The van der Waals surface area contributed by atoms with E-state index in [0.29, 0.717) is 10.0 Å². The largest absolute Gasteiger partial charge is 0.481 e. The Morgan fingerprint density at radius 3 is 2.41 bits per heavy atom. The third-order valence-corrected chi connectivity index (χ3v) is 4.83. The van der Waals surface area contributed by atoms with Gasteiger partial charge in [-0.2, -0.15) is 0 Å². The molecule has 17 heavy (non-hydrogen) atoms. The Morgan fingerprint density at radius 2 is 1.94 bits per heavy atom. The van der Waals surface area contributed by atoms with E-state index in [1.807, 2.05) is 0 Å². The van der Waals surface area contributed by atoms with Crippen molar-refractivity contribution in [2.45, 2.75) is 30.4 Å². The van der Waals surface area contributed by atoms with Crippen LogP contribution in [0.5, 0.6) is 0 Å². The number of carboxylic acid groups (broad SMARTS) is 1. The van der Waals surface area contributed by atoms with E-state index in [9.17, 15) is 13.2 Å². The Morgan fingerprint density at radius 1 is 1.35 bits per heavy atom. The van der Waals surface area contributed by atoms with Crippen LogP contribution in [0.25, 0.3) is 0 Å². The van der Waals surface area contributed by atoms with E-state index in [2.05, 4.69) is 15.9 Å². The van der Waals surface area contributed by atoms with Gasteiger partial charge in [-0.1, -0.05) is 15.9 Å². The number of hydrogen-bond donors (Lipinski definition) is 1. The lowest BCUT2D eigenvalue weighted by Gasteiger charge is -2.09. The Hall–Kier alpha value is -0.880. The van der Waals surface area contributed by atoms with Crippen molar-refractivity contribution in [3.63, 3.8) is 0 Å². The molecule has 1 aromatic carbocycles. The topological polar surface area (TPSA) is 71.4 Å². The summed E-state index contributed by atoms with van der Waals surface area (Å²) in [6, 6.07) is 4.50. The number of hydrogen-bond acceptors (Lipinski definition) is 3. The highest BCUT2D eigenvalue weighted by atomic mass is 79.9. The fourth-order valence-electron chi connectivity index (χ4n) is 1.33. The second-order valence-electron chi connectivity index (χ2n) is 3.96. The SMILES string of the molecule is CC(C)S(=O)(=O)c1cc(Br)cc(CC(=O)O)c1. The van der Waals surface area contributed by atoms with Crippen LogP contribution in [0, 0.1) is 0 Å². The van der Waals surface area contributed by atoms with Crippen LogP contribution in [0.15, 0.2) is 27.6 Å². The van der Waals surface area contributed by atoms with Gasteiger partial charge in [0.1, 0.15) is 0 Å². The van der Waals surface area contributed by atoms with Gasteiger partial charge in [-0.15, -0.1) is 0 Å². The molecule has 0 aromatic heterocycles. The molecule has 0 atom stereocenters. The van der Waals surface area contributed by atoms with Crippen LogP contribution >= 0.6 is 15.9 Å². The summed E-state index contributed by atoms with van der Waals surface area (Å²) in [5, 5.41) is 8.16. The average Bonchev–Trinajstić information content (AvgIpc) is 2.15. The van der Waals surface area contributed by atoms with Crippen molar-refractivity contribution in [1.82, 2.24) is 0 Å². The minimum absolute atomic E-state index is 0.151. The second kappa shape index (κ2) is 5.18. The molecule has 1 aromatic rings. The fraction of sp³-hybridized carbons (Fsp3) is 0.364. The number of sulfone groups is 1.